The first-order valence-corrected chi connectivity index (χ1v) is 8.86. The molecule has 3 rings (SSSR count). The first kappa shape index (κ1) is 16.1. The largest absolute Gasteiger partial charge is 0.331 e. The predicted octanol–water partition coefficient (Wildman–Crippen LogP) is 3.25. The van der Waals surface area contributed by atoms with Crippen LogP contribution in [0.25, 0.3) is 0 Å². The summed E-state index contributed by atoms with van der Waals surface area (Å²) in [5.41, 5.74) is 2.26. The van der Waals surface area contributed by atoms with Crippen LogP contribution in [0, 0.1) is 6.92 Å². The van der Waals surface area contributed by atoms with Crippen LogP contribution < -0.4 is 0 Å². The predicted molar refractivity (Wildman–Crippen MR) is 93.3 cm³/mol. The molecule has 0 unspecified atom stereocenters. The quantitative estimate of drug-likeness (QED) is 0.816. The Kier molecular flexibility index (Phi) is 4.78. The first-order chi connectivity index (χ1) is 11.1. The molecule has 1 saturated carbocycles. The summed E-state index contributed by atoms with van der Waals surface area (Å²) >= 11 is 1.61. The van der Waals surface area contributed by atoms with Gasteiger partial charge in [-0.3, -0.25) is 9.69 Å². The average Bonchev–Trinajstić information content (AvgIpc) is 3.23. The smallest absolute Gasteiger partial charge is 0.245 e. The fourth-order valence-electron chi connectivity index (χ4n) is 2.82. The van der Waals surface area contributed by atoms with Gasteiger partial charge in [-0.25, -0.2) is 4.98 Å². The molecule has 0 saturated heterocycles. The van der Waals surface area contributed by atoms with E-state index in [1.165, 1.54) is 5.56 Å². The second-order valence-electron chi connectivity index (χ2n) is 6.40. The molecule has 23 heavy (non-hydrogen) atoms. The number of aryl methyl sites for hydroxylation is 1. The Hall–Kier alpha value is -1.72. The highest BCUT2D eigenvalue weighted by molar-refractivity contribution is 7.09. The Balaban J connectivity index is 1.84. The van der Waals surface area contributed by atoms with Gasteiger partial charge in [-0.05, 0) is 39.4 Å². The lowest BCUT2D eigenvalue weighted by Crippen LogP contribution is -2.41. The summed E-state index contributed by atoms with van der Waals surface area (Å²) in [5.74, 6) is 0.177. The Morgan fingerprint density at radius 2 is 2.00 bits per heavy atom. The topological polar surface area (TPSA) is 36.4 Å². The molecule has 1 aliphatic carbocycles. The lowest BCUT2D eigenvalue weighted by Gasteiger charge is -2.30. The highest BCUT2D eigenvalue weighted by Crippen LogP contribution is 2.32. The van der Waals surface area contributed by atoms with Gasteiger partial charge in [-0.15, -0.1) is 11.3 Å². The van der Waals surface area contributed by atoms with Crippen molar-refractivity contribution in [1.29, 1.82) is 0 Å². The maximum absolute atomic E-state index is 13.2. The van der Waals surface area contributed by atoms with Crippen molar-refractivity contribution in [3.05, 3.63) is 52.0 Å². The summed E-state index contributed by atoms with van der Waals surface area (Å²) < 4.78 is 0. The van der Waals surface area contributed by atoms with Gasteiger partial charge in [0.15, 0.2) is 0 Å². The Morgan fingerprint density at radius 1 is 1.30 bits per heavy atom. The lowest BCUT2D eigenvalue weighted by molar-refractivity contribution is -0.137. The van der Waals surface area contributed by atoms with E-state index in [2.05, 4.69) is 36.2 Å². The number of carbonyl (C=O) groups excluding carboxylic acids is 1. The van der Waals surface area contributed by atoms with Crippen LogP contribution in [-0.2, 0) is 11.3 Å². The van der Waals surface area contributed by atoms with Crippen LogP contribution in [0.4, 0.5) is 0 Å². The van der Waals surface area contributed by atoms with Crippen LogP contribution in [-0.4, -0.2) is 40.8 Å². The van der Waals surface area contributed by atoms with Crippen molar-refractivity contribution >= 4 is 17.2 Å². The molecule has 1 aromatic heterocycles. The molecular weight excluding hydrogens is 306 g/mol. The van der Waals surface area contributed by atoms with E-state index in [0.29, 0.717) is 12.6 Å². The van der Waals surface area contributed by atoms with Gasteiger partial charge in [0.2, 0.25) is 5.91 Å². The van der Waals surface area contributed by atoms with E-state index in [1.54, 1.807) is 17.5 Å². The van der Waals surface area contributed by atoms with Gasteiger partial charge in [-0.2, -0.15) is 0 Å². The molecule has 5 heteroatoms. The molecule has 0 N–H and O–H groups in total. The standard InChI is InChI=1S/C18H23N3OS/c1-13-4-6-14(7-5-13)17(20(2)3)18(22)21(15-8-9-15)12-16-19-10-11-23-16/h4-7,10-11,15,17H,8-9,12H2,1-3H3/t17-/m1/s1. The van der Waals surface area contributed by atoms with Crippen LogP contribution in [0.1, 0.15) is 35.0 Å². The van der Waals surface area contributed by atoms with Crippen molar-refractivity contribution in [3.63, 3.8) is 0 Å². The van der Waals surface area contributed by atoms with E-state index < -0.39 is 0 Å². The van der Waals surface area contributed by atoms with Gasteiger partial charge in [0.25, 0.3) is 0 Å². The van der Waals surface area contributed by atoms with E-state index in [9.17, 15) is 4.79 Å². The molecule has 1 aliphatic rings. The van der Waals surface area contributed by atoms with Crippen molar-refractivity contribution in [2.45, 2.75) is 38.4 Å². The number of likely N-dealkylation sites (N-methyl/N-ethyl adjacent to an activating group) is 1. The van der Waals surface area contributed by atoms with E-state index in [4.69, 9.17) is 0 Å². The average molecular weight is 329 g/mol. The van der Waals surface area contributed by atoms with Gasteiger partial charge >= 0.3 is 0 Å². The summed E-state index contributed by atoms with van der Waals surface area (Å²) in [6, 6.07) is 8.40. The zero-order chi connectivity index (χ0) is 16.4. The third-order valence-electron chi connectivity index (χ3n) is 4.20. The van der Waals surface area contributed by atoms with E-state index in [1.807, 2.05) is 29.3 Å². The fourth-order valence-corrected chi connectivity index (χ4v) is 3.43. The molecule has 122 valence electrons. The Bertz CT molecular complexity index is 647. The van der Waals surface area contributed by atoms with Crippen LogP contribution in [0.3, 0.4) is 0 Å². The Labute approximate surface area is 141 Å². The number of hydrogen-bond acceptors (Lipinski definition) is 4. The summed E-state index contributed by atoms with van der Waals surface area (Å²) in [5, 5.41) is 2.97. The maximum atomic E-state index is 13.2. The molecule has 0 spiro atoms. The van der Waals surface area contributed by atoms with E-state index in [-0.39, 0.29) is 11.9 Å². The second kappa shape index (κ2) is 6.81. The molecule has 0 radical (unpaired) electrons. The van der Waals surface area contributed by atoms with Gasteiger partial charge < -0.3 is 4.90 Å². The minimum absolute atomic E-state index is 0.177. The lowest BCUT2D eigenvalue weighted by atomic mass is 10.0. The molecule has 1 fully saturated rings. The number of nitrogens with zero attached hydrogens (tertiary/aromatic N) is 3. The zero-order valence-corrected chi connectivity index (χ0v) is 14.7. The van der Waals surface area contributed by atoms with Gasteiger partial charge in [0, 0.05) is 17.6 Å². The van der Waals surface area contributed by atoms with Crippen LogP contribution >= 0.6 is 11.3 Å². The summed E-state index contributed by atoms with van der Waals surface area (Å²) in [4.78, 5) is 21.6. The normalized spacial score (nSPS) is 15.7. The highest BCUT2D eigenvalue weighted by atomic mass is 32.1. The van der Waals surface area contributed by atoms with E-state index in [0.717, 1.165) is 23.4 Å². The molecule has 0 bridgehead atoms. The number of benzene rings is 1. The van der Waals surface area contributed by atoms with Crippen LogP contribution in [0.15, 0.2) is 35.8 Å². The van der Waals surface area contributed by atoms with Crippen molar-refractivity contribution in [3.8, 4) is 0 Å². The van der Waals surface area contributed by atoms with Crippen LogP contribution in [0.2, 0.25) is 0 Å². The molecule has 2 aromatic rings. The van der Waals surface area contributed by atoms with Gasteiger partial charge in [-0.1, -0.05) is 29.8 Å². The van der Waals surface area contributed by atoms with Crippen molar-refractivity contribution in [2.75, 3.05) is 14.1 Å². The minimum atomic E-state index is -0.240. The number of rotatable bonds is 6. The molecule has 1 atom stereocenters. The summed E-state index contributed by atoms with van der Waals surface area (Å²) in [7, 11) is 3.94. The monoisotopic (exact) mass is 329 g/mol. The van der Waals surface area contributed by atoms with Gasteiger partial charge in [0.1, 0.15) is 11.0 Å². The summed E-state index contributed by atoms with van der Waals surface area (Å²) in [6.45, 7) is 2.69. The number of carbonyl (C=O) groups is 1. The SMILES string of the molecule is Cc1ccc([C@H](C(=O)N(Cc2nccs2)C2CC2)N(C)C)cc1. The molecule has 1 amide bonds. The van der Waals surface area contributed by atoms with Crippen molar-refractivity contribution in [1.82, 2.24) is 14.8 Å². The summed E-state index contributed by atoms with van der Waals surface area (Å²) in [6.07, 6.45) is 4.01. The molecule has 1 heterocycles. The molecule has 1 aromatic carbocycles. The Morgan fingerprint density at radius 3 is 2.52 bits per heavy atom. The van der Waals surface area contributed by atoms with Crippen molar-refractivity contribution in [2.24, 2.45) is 0 Å². The van der Waals surface area contributed by atoms with Gasteiger partial charge in [0.05, 0.1) is 6.54 Å². The van der Waals surface area contributed by atoms with Crippen molar-refractivity contribution < 1.29 is 4.79 Å². The molecule has 0 aliphatic heterocycles. The molecule has 4 nitrogen and oxygen atoms in total. The number of hydrogen-bond donors (Lipinski definition) is 0. The highest BCUT2D eigenvalue weighted by Gasteiger charge is 2.37. The van der Waals surface area contributed by atoms with Crippen LogP contribution in [0.5, 0.6) is 0 Å². The number of aromatic nitrogens is 1. The first-order valence-electron chi connectivity index (χ1n) is 7.98. The molecular formula is C18H23N3OS. The minimum Gasteiger partial charge on any atom is -0.331 e. The number of amides is 1. The number of thiazole rings is 1. The second-order valence-corrected chi connectivity index (χ2v) is 7.38. The van der Waals surface area contributed by atoms with E-state index >= 15 is 0 Å². The third-order valence-corrected chi connectivity index (χ3v) is 4.97. The fraction of sp³-hybridized carbons (Fsp3) is 0.444. The zero-order valence-electron chi connectivity index (χ0n) is 13.9. The third kappa shape index (κ3) is 3.79. The maximum Gasteiger partial charge on any atom is 0.245 e.